The smallest absolute Gasteiger partial charge is 0.0568 e. The van der Waals surface area contributed by atoms with Gasteiger partial charge in [0, 0.05) is 0 Å². The quantitative estimate of drug-likeness (QED) is 0.439. The normalized spacial score (nSPS) is 46.2. The lowest BCUT2D eigenvalue weighted by atomic mass is 9.46. The van der Waals surface area contributed by atoms with E-state index in [-0.39, 0.29) is 6.10 Å². The highest BCUT2D eigenvalue weighted by atomic mass is 16.3. The van der Waals surface area contributed by atoms with Crippen LogP contribution in [0, 0.1) is 52.3 Å². The van der Waals surface area contributed by atoms with Crippen LogP contribution in [0.25, 0.3) is 0 Å². The van der Waals surface area contributed by atoms with Gasteiger partial charge in [0.15, 0.2) is 0 Å². The van der Waals surface area contributed by atoms with Crippen molar-refractivity contribution >= 4 is 0 Å². The molecule has 0 heterocycles. The number of hydrogen-bond donors (Lipinski definition) is 1. The van der Waals surface area contributed by atoms with E-state index in [1.165, 1.54) is 51.4 Å². The van der Waals surface area contributed by atoms with Crippen molar-refractivity contribution < 1.29 is 5.11 Å². The van der Waals surface area contributed by atoms with Crippen LogP contribution in [-0.4, -0.2) is 11.2 Å². The first-order valence-corrected chi connectivity index (χ1v) is 13.7. The maximum atomic E-state index is 10.5. The molecule has 0 saturated heterocycles. The molecule has 2 unspecified atom stereocenters. The van der Waals surface area contributed by atoms with Gasteiger partial charge in [0.25, 0.3) is 0 Å². The van der Waals surface area contributed by atoms with Crippen molar-refractivity contribution in [3.8, 4) is 0 Å². The summed E-state index contributed by atoms with van der Waals surface area (Å²) in [6.45, 7) is 17.1. The molecule has 0 aliphatic heterocycles. The van der Waals surface area contributed by atoms with Crippen LogP contribution in [0.3, 0.4) is 0 Å². The predicted molar refractivity (Wildman–Crippen MR) is 133 cm³/mol. The SMILES string of the molecule is C/C=C(/CC[C@@H](C)[C@H]1CC[C@H]2C3=CC[C@H]4C(C)C(O)CC[C@]4(C)[C@H]3CC[C@]12C)C(C)C. The Labute approximate surface area is 193 Å². The molecule has 0 aromatic heterocycles. The van der Waals surface area contributed by atoms with Gasteiger partial charge in [-0.1, -0.05) is 64.8 Å². The summed E-state index contributed by atoms with van der Waals surface area (Å²) < 4.78 is 0. The van der Waals surface area contributed by atoms with Crippen LogP contribution in [0.4, 0.5) is 0 Å². The standard InChI is InChI=1S/C30H50O/c1-8-22(19(2)3)10-9-20(4)24-13-14-26-23-11-12-25-21(5)28(31)16-18-30(25,7)27(23)15-17-29(24,26)6/h8,11,19-21,24-28,31H,9-10,12-18H2,1-7H3/b22-8-/t20-,21?,24-,25+,26+,27+,28?,29-,30+/m1/s1. The summed E-state index contributed by atoms with van der Waals surface area (Å²) in [6, 6.07) is 0. The Hall–Kier alpha value is -0.560. The molecule has 31 heavy (non-hydrogen) atoms. The van der Waals surface area contributed by atoms with Gasteiger partial charge in [-0.25, -0.2) is 0 Å². The van der Waals surface area contributed by atoms with Crippen LogP contribution in [0.2, 0.25) is 0 Å². The maximum absolute atomic E-state index is 10.5. The van der Waals surface area contributed by atoms with Crippen molar-refractivity contribution in [1.29, 1.82) is 0 Å². The van der Waals surface area contributed by atoms with Gasteiger partial charge in [0.1, 0.15) is 0 Å². The Kier molecular flexibility index (Phi) is 6.59. The predicted octanol–water partition coefficient (Wildman–Crippen LogP) is 8.19. The zero-order valence-electron chi connectivity index (χ0n) is 21.6. The van der Waals surface area contributed by atoms with Gasteiger partial charge in [0.2, 0.25) is 0 Å². The number of rotatable bonds is 5. The van der Waals surface area contributed by atoms with Crippen molar-refractivity contribution in [3.63, 3.8) is 0 Å². The fourth-order valence-corrected chi connectivity index (χ4v) is 9.28. The molecular weight excluding hydrogens is 376 g/mol. The molecule has 176 valence electrons. The van der Waals surface area contributed by atoms with Gasteiger partial charge in [-0.05, 0) is 117 Å². The highest BCUT2D eigenvalue weighted by Crippen LogP contribution is 2.67. The number of aliphatic hydroxyl groups is 1. The van der Waals surface area contributed by atoms with E-state index in [1.54, 1.807) is 5.57 Å². The Bertz CT molecular complexity index is 716. The van der Waals surface area contributed by atoms with E-state index in [2.05, 4.69) is 60.6 Å². The van der Waals surface area contributed by atoms with Crippen LogP contribution in [0.1, 0.15) is 106 Å². The summed E-state index contributed by atoms with van der Waals surface area (Å²) in [5, 5.41) is 10.5. The Morgan fingerprint density at radius 3 is 2.42 bits per heavy atom. The van der Waals surface area contributed by atoms with Gasteiger partial charge >= 0.3 is 0 Å². The second-order valence-electron chi connectivity index (χ2n) is 12.9. The molecule has 0 amide bonds. The average Bonchev–Trinajstić information content (AvgIpc) is 3.08. The molecule has 0 bridgehead atoms. The lowest BCUT2D eigenvalue weighted by Crippen LogP contribution is -2.52. The van der Waals surface area contributed by atoms with E-state index in [1.807, 2.05) is 5.57 Å². The van der Waals surface area contributed by atoms with Crippen LogP contribution in [0.5, 0.6) is 0 Å². The highest BCUT2D eigenvalue weighted by Gasteiger charge is 2.59. The molecule has 0 aromatic rings. The molecule has 3 saturated carbocycles. The third kappa shape index (κ3) is 3.79. The summed E-state index contributed by atoms with van der Waals surface area (Å²) in [6.07, 6.45) is 16.8. The molecule has 4 aliphatic rings. The lowest BCUT2D eigenvalue weighted by Gasteiger charge is -2.59. The van der Waals surface area contributed by atoms with Crippen molar-refractivity contribution in [2.24, 2.45) is 52.3 Å². The fourth-order valence-electron chi connectivity index (χ4n) is 9.28. The summed E-state index contributed by atoms with van der Waals surface area (Å²) >= 11 is 0. The average molecular weight is 427 g/mol. The minimum absolute atomic E-state index is 0.0773. The summed E-state index contributed by atoms with van der Waals surface area (Å²) in [4.78, 5) is 0. The first-order chi connectivity index (χ1) is 14.6. The fraction of sp³-hybridized carbons (Fsp3) is 0.867. The molecule has 0 spiro atoms. The minimum Gasteiger partial charge on any atom is -0.393 e. The molecule has 4 aliphatic carbocycles. The number of fused-ring (bicyclic) bond motifs is 5. The first-order valence-electron chi connectivity index (χ1n) is 13.7. The van der Waals surface area contributed by atoms with Gasteiger partial charge < -0.3 is 5.11 Å². The monoisotopic (exact) mass is 426 g/mol. The molecule has 0 aromatic carbocycles. The molecule has 3 fully saturated rings. The molecule has 1 heteroatoms. The highest BCUT2D eigenvalue weighted by molar-refractivity contribution is 5.28. The molecule has 9 atom stereocenters. The Balaban J connectivity index is 1.51. The van der Waals surface area contributed by atoms with Crippen molar-refractivity contribution in [2.45, 2.75) is 112 Å². The Morgan fingerprint density at radius 1 is 1.06 bits per heavy atom. The summed E-state index contributed by atoms with van der Waals surface area (Å²) in [5.41, 5.74) is 4.45. The van der Waals surface area contributed by atoms with Crippen molar-refractivity contribution in [2.75, 3.05) is 0 Å². The van der Waals surface area contributed by atoms with E-state index in [9.17, 15) is 5.11 Å². The van der Waals surface area contributed by atoms with Crippen LogP contribution in [0.15, 0.2) is 23.3 Å². The third-order valence-electron chi connectivity index (χ3n) is 11.3. The third-order valence-corrected chi connectivity index (χ3v) is 11.3. The van der Waals surface area contributed by atoms with E-state index in [4.69, 9.17) is 0 Å². The minimum atomic E-state index is -0.0773. The topological polar surface area (TPSA) is 20.2 Å². The molecular formula is C30H50O. The number of aliphatic hydroxyl groups excluding tert-OH is 1. The largest absolute Gasteiger partial charge is 0.393 e. The summed E-state index contributed by atoms with van der Waals surface area (Å²) in [7, 11) is 0. The van der Waals surface area contributed by atoms with Crippen molar-refractivity contribution in [3.05, 3.63) is 23.3 Å². The van der Waals surface area contributed by atoms with E-state index >= 15 is 0 Å². The Morgan fingerprint density at radius 2 is 1.74 bits per heavy atom. The van der Waals surface area contributed by atoms with E-state index in [0.29, 0.717) is 28.6 Å². The van der Waals surface area contributed by atoms with E-state index < -0.39 is 0 Å². The number of hydrogen-bond acceptors (Lipinski definition) is 1. The van der Waals surface area contributed by atoms with Gasteiger partial charge in [-0.2, -0.15) is 0 Å². The second-order valence-corrected chi connectivity index (χ2v) is 12.9. The second kappa shape index (κ2) is 8.66. The molecule has 0 radical (unpaired) electrons. The van der Waals surface area contributed by atoms with E-state index in [0.717, 1.165) is 30.1 Å². The molecule has 1 nitrogen and oxygen atoms in total. The van der Waals surface area contributed by atoms with Gasteiger partial charge in [-0.3, -0.25) is 0 Å². The maximum Gasteiger partial charge on any atom is 0.0568 e. The van der Waals surface area contributed by atoms with Crippen LogP contribution < -0.4 is 0 Å². The van der Waals surface area contributed by atoms with Crippen LogP contribution in [-0.2, 0) is 0 Å². The van der Waals surface area contributed by atoms with Gasteiger partial charge in [-0.15, -0.1) is 0 Å². The van der Waals surface area contributed by atoms with Gasteiger partial charge in [0.05, 0.1) is 6.10 Å². The lowest BCUT2D eigenvalue weighted by molar-refractivity contribution is -0.0773. The molecule has 1 N–H and O–H groups in total. The van der Waals surface area contributed by atoms with Crippen LogP contribution >= 0.6 is 0 Å². The first kappa shape index (κ1) is 23.6. The summed E-state index contributed by atoms with van der Waals surface area (Å²) in [5.74, 6) is 5.16. The van der Waals surface area contributed by atoms with Crippen molar-refractivity contribution in [1.82, 2.24) is 0 Å². The zero-order valence-corrected chi connectivity index (χ0v) is 21.6. The zero-order chi connectivity index (χ0) is 22.6. The number of allylic oxidation sites excluding steroid dienone is 4. The molecule has 4 rings (SSSR count).